The summed E-state index contributed by atoms with van der Waals surface area (Å²) in [6.07, 6.45) is 3.17. The second-order valence-electron chi connectivity index (χ2n) is 4.79. The van der Waals surface area contributed by atoms with Crippen molar-refractivity contribution in [3.8, 4) is 6.07 Å². The van der Waals surface area contributed by atoms with Crippen molar-refractivity contribution in [2.45, 2.75) is 19.3 Å². The third-order valence-electron chi connectivity index (χ3n) is 3.39. The third kappa shape index (κ3) is 3.80. The molecule has 1 fully saturated rings. The minimum absolute atomic E-state index is 0.167. The molecule has 0 aliphatic carbocycles. The molecule has 1 aliphatic rings. The minimum atomic E-state index is -0.167. The lowest BCUT2D eigenvalue weighted by Gasteiger charge is -2.09. The number of nitrogens with one attached hydrogen (secondary N) is 1. The number of hydrogen-bond donors (Lipinski definition) is 1. The largest absolute Gasteiger partial charge is 0.381 e. The molecule has 1 atom stereocenters. The van der Waals surface area contributed by atoms with Crippen molar-refractivity contribution < 1.29 is 9.53 Å². The molecule has 0 saturated carbocycles. The SMILES string of the molecule is N#Cc1ccccc1C(=O)NCCCC1CCOC1. The summed E-state index contributed by atoms with van der Waals surface area (Å²) < 4.78 is 5.31. The highest BCUT2D eigenvalue weighted by Gasteiger charge is 2.15. The molecule has 4 nitrogen and oxygen atoms in total. The molecule has 2 rings (SSSR count). The second kappa shape index (κ2) is 6.91. The zero-order valence-corrected chi connectivity index (χ0v) is 10.9. The number of ether oxygens (including phenoxy) is 1. The Morgan fingerprint density at radius 3 is 3.05 bits per heavy atom. The first kappa shape index (κ1) is 13.6. The second-order valence-corrected chi connectivity index (χ2v) is 4.79. The van der Waals surface area contributed by atoms with Crippen molar-refractivity contribution in [1.82, 2.24) is 5.32 Å². The monoisotopic (exact) mass is 258 g/mol. The van der Waals surface area contributed by atoms with Gasteiger partial charge in [0.1, 0.15) is 0 Å². The minimum Gasteiger partial charge on any atom is -0.381 e. The Kier molecular flexibility index (Phi) is 4.93. The van der Waals surface area contributed by atoms with E-state index in [4.69, 9.17) is 10.00 Å². The molecule has 1 heterocycles. The number of amides is 1. The average Bonchev–Trinajstić information content (AvgIpc) is 2.96. The topological polar surface area (TPSA) is 62.1 Å². The van der Waals surface area contributed by atoms with E-state index in [-0.39, 0.29) is 5.91 Å². The van der Waals surface area contributed by atoms with Crippen molar-refractivity contribution in [2.75, 3.05) is 19.8 Å². The van der Waals surface area contributed by atoms with Gasteiger partial charge < -0.3 is 10.1 Å². The molecular formula is C15H18N2O2. The smallest absolute Gasteiger partial charge is 0.252 e. The number of nitriles is 1. The van der Waals surface area contributed by atoms with E-state index in [1.807, 2.05) is 6.07 Å². The molecule has 1 amide bonds. The molecule has 1 aromatic rings. The maximum Gasteiger partial charge on any atom is 0.252 e. The zero-order valence-electron chi connectivity index (χ0n) is 10.9. The average molecular weight is 258 g/mol. The first-order valence-corrected chi connectivity index (χ1v) is 6.66. The van der Waals surface area contributed by atoms with Crippen LogP contribution in [0.2, 0.25) is 0 Å². The van der Waals surface area contributed by atoms with Gasteiger partial charge in [-0.25, -0.2) is 0 Å². The van der Waals surface area contributed by atoms with Crippen LogP contribution in [0.1, 0.15) is 35.2 Å². The normalized spacial score (nSPS) is 17.9. The van der Waals surface area contributed by atoms with Crippen molar-refractivity contribution in [3.05, 3.63) is 35.4 Å². The van der Waals surface area contributed by atoms with Crippen LogP contribution in [0.25, 0.3) is 0 Å². The Morgan fingerprint density at radius 2 is 2.32 bits per heavy atom. The van der Waals surface area contributed by atoms with Gasteiger partial charge in [-0.2, -0.15) is 5.26 Å². The summed E-state index contributed by atoms with van der Waals surface area (Å²) in [5.41, 5.74) is 0.874. The summed E-state index contributed by atoms with van der Waals surface area (Å²) in [5, 5.41) is 11.8. The summed E-state index contributed by atoms with van der Waals surface area (Å²) in [4.78, 5) is 11.9. The molecular weight excluding hydrogens is 240 g/mol. The third-order valence-corrected chi connectivity index (χ3v) is 3.39. The van der Waals surface area contributed by atoms with E-state index in [1.165, 1.54) is 0 Å². The predicted molar refractivity (Wildman–Crippen MR) is 71.7 cm³/mol. The fourth-order valence-corrected chi connectivity index (χ4v) is 2.28. The van der Waals surface area contributed by atoms with Crippen molar-refractivity contribution >= 4 is 5.91 Å². The molecule has 1 saturated heterocycles. The lowest BCUT2D eigenvalue weighted by atomic mass is 10.0. The Morgan fingerprint density at radius 1 is 1.47 bits per heavy atom. The first-order chi connectivity index (χ1) is 9.31. The van der Waals surface area contributed by atoms with Gasteiger partial charge in [-0.05, 0) is 37.3 Å². The van der Waals surface area contributed by atoms with Gasteiger partial charge in [0.15, 0.2) is 0 Å². The number of hydrogen-bond acceptors (Lipinski definition) is 3. The summed E-state index contributed by atoms with van der Waals surface area (Å²) in [5.74, 6) is 0.475. The van der Waals surface area contributed by atoms with Gasteiger partial charge in [0.25, 0.3) is 5.91 Å². The molecule has 19 heavy (non-hydrogen) atoms. The first-order valence-electron chi connectivity index (χ1n) is 6.66. The van der Waals surface area contributed by atoms with Crippen molar-refractivity contribution in [3.63, 3.8) is 0 Å². The molecule has 0 spiro atoms. The summed E-state index contributed by atoms with van der Waals surface area (Å²) in [6, 6.07) is 8.90. The molecule has 1 unspecified atom stereocenters. The van der Waals surface area contributed by atoms with Crippen molar-refractivity contribution in [2.24, 2.45) is 5.92 Å². The van der Waals surface area contributed by atoms with Crippen LogP contribution >= 0.6 is 0 Å². The fourth-order valence-electron chi connectivity index (χ4n) is 2.28. The quantitative estimate of drug-likeness (QED) is 0.823. The predicted octanol–water partition coefficient (Wildman–Crippen LogP) is 2.10. The van der Waals surface area contributed by atoms with E-state index >= 15 is 0 Å². The van der Waals surface area contributed by atoms with Gasteiger partial charge in [0, 0.05) is 19.8 Å². The molecule has 100 valence electrons. The van der Waals surface area contributed by atoms with Gasteiger partial charge in [-0.1, -0.05) is 12.1 Å². The van der Waals surface area contributed by atoms with Crippen LogP contribution in [0.3, 0.4) is 0 Å². The van der Waals surface area contributed by atoms with Crippen LogP contribution in [0.4, 0.5) is 0 Å². The molecule has 0 bridgehead atoms. The molecule has 1 N–H and O–H groups in total. The summed E-state index contributed by atoms with van der Waals surface area (Å²) >= 11 is 0. The molecule has 4 heteroatoms. The fraction of sp³-hybridized carbons (Fsp3) is 0.467. The van der Waals surface area contributed by atoms with E-state index in [0.717, 1.165) is 32.5 Å². The Bertz CT molecular complexity index is 473. The highest BCUT2D eigenvalue weighted by Crippen LogP contribution is 2.17. The number of nitrogens with zero attached hydrogens (tertiary/aromatic N) is 1. The van der Waals surface area contributed by atoms with Crippen LogP contribution in [-0.4, -0.2) is 25.7 Å². The van der Waals surface area contributed by atoms with Gasteiger partial charge in [0.05, 0.1) is 17.2 Å². The maximum atomic E-state index is 11.9. The standard InChI is InChI=1S/C15H18N2O2/c16-10-13-5-1-2-6-14(13)15(18)17-8-3-4-12-7-9-19-11-12/h1-2,5-6,12H,3-4,7-9,11H2,(H,17,18). The Labute approximate surface area is 113 Å². The molecule has 1 aromatic carbocycles. The van der Waals surface area contributed by atoms with Crippen LogP contribution in [0.15, 0.2) is 24.3 Å². The highest BCUT2D eigenvalue weighted by atomic mass is 16.5. The van der Waals surface area contributed by atoms with E-state index < -0.39 is 0 Å². The zero-order chi connectivity index (χ0) is 13.5. The van der Waals surface area contributed by atoms with Crippen LogP contribution in [0.5, 0.6) is 0 Å². The van der Waals surface area contributed by atoms with E-state index in [2.05, 4.69) is 5.32 Å². The number of rotatable bonds is 5. The van der Waals surface area contributed by atoms with Crippen LogP contribution in [0, 0.1) is 17.2 Å². The number of benzene rings is 1. The Hall–Kier alpha value is -1.86. The van der Waals surface area contributed by atoms with Crippen LogP contribution in [-0.2, 0) is 4.74 Å². The molecule has 0 aromatic heterocycles. The number of carbonyl (C=O) groups is 1. The Balaban J connectivity index is 1.76. The van der Waals surface area contributed by atoms with Crippen LogP contribution < -0.4 is 5.32 Å². The van der Waals surface area contributed by atoms with E-state index in [0.29, 0.717) is 23.6 Å². The molecule has 0 radical (unpaired) electrons. The van der Waals surface area contributed by atoms with Gasteiger partial charge in [-0.3, -0.25) is 4.79 Å². The summed E-state index contributed by atoms with van der Waals surface area (Å²) in [7, 11) is 0. The van der Waals surface area contributed by atoms with Crippen molar-refractivity contribution in [1.29, 1.82) is 5.26 Å². The lowest BCUT2D eigenvalue weighted by Crippen LogP contribution is -2.25. The van der Waals surface area contributed by atoms with Gasteiger partial charge in [0.2, 0.25) is 0 Å². The van der Waals surface area contributed by atoms with Gasteiger partial charge in [-0.15, -0.1) is 0 Å². The van der Waals surface area contributed by atoms with Gasteiger partial charge >= 0.3 is 0 Å². The number of carbonyl (C=O) groups excluding carboxylic acids is 1. The van der Waals surface area contributed by atoms with E-state index in [1.54, 1.807) is 24.3 Å². The maximum absolute atomic E-state index is 11.9. The molecule has 1 aliphatic heterocycles. The van der Waals surface area contributed by atoms with E-state index in [9.17, 15) is 4.79 Å². The lowest BCUT2D eigenvalue weighted by molar-refractivity contribution is 0.0952. The summed E-state index contributed by atoms with van der Waals surface area (Å²) in [6.45, 7) is 2.37. The highest BCUT2D eigenvalue weighted by molar-refractivity contribution is 5.96.